The van der Waals surface area contributed by atoms with Gasteiger partial charge in [-0.15, -0.1) is 0 Å². The third kappa shape index (κ3) is 1.67. The van der Waals surface area contributed by atoms with Crippen molar-refractivity contribution in [2.24, 2.45) is 11.7 Å². The second kappa shape index (κ2) is 4.10. The Morgan fingerprint density at radius 2 is 2.22 bits per heavy atom. The molecule has 1 saturated heterocycles. The predicted molar refractivity (Wildman–Crippen MR) is 65.1 cm³/mol. The van der Waals surface area contributed by atoms with E-state index in [9.17, 15) is 9.59 Å². The minimum atomic E-state index is -0.311. The Labute approximate surface area is 105 Å². The average Bonchev–Trinajstić information content (AvgIpc) is 2.93. The number of esters is 1. The van der Waals surface area contributed by atoms with Crippen LogP contribution in [0.4, 0.5) is 5.69 Å². The summed E-state index contributed by atoms with van der Waals surface area (Å²) in [5.41, 5.74) is 7.80. The van der Waals surface area contributed by atoms with Gasteiger partial charge in [0, 0.05) is 24.2 Å². The number of ether oxygens (including phenoxy) is 1. The first-order valence-electron chi connectivity index (χ1n) is 5.99. The summed E-state index contributed by atoms with van der Waals surface area (Å²) < 4.78 is 4.95. The van der Waals surface area contributed by atoms with Gasteiger partial charge in [-0.05, 0) is 24.6 Å². The fourth-order valence-corrected chi connectivity index (χ4v) is 2.46. The summed E-state index contributed by atoms with van der Waals surface area (Å²) in [4.78, 5) is 25.1. The van der Waals surface area contributed by atoms with Crippen LogP contribution in [0.15, 0.2) is 18.2 Å². The number of carbonyl (C=O) groups is 2. The minimum Gasteiger partial charge on any atom is -0.457 e. The maximum atomic E-state index is 11.9. The number of nitrogens with two attached hydrogens (primary N) is 1. The van der Waals surface area contributed by atoms with Crippen LogP contribution in [0.5, 0.6) is 0 Å². The van der Waals surface area contributed by atoms with Crippen LogP contribution in [0.3, 0.4) is 0 Å². The van der Waals surface area contributed by atoms with Crippen LogP contribution in [0.1, 0.15) is 22.3 Å². The van der Waals surface area contributed by atoms with Crippen molar-refractivity contribution in [1.29, 1.82) is 0 Å². The van der Waals surface area contributed by atoms with Crippen LogP contribution in [0.25, 0.3) is 0 Å². The Morgan fingerprint density at radius 1 is 1.39 bits per heavy atom. The summed E-state index contributed by atoms with van der Waals surface area (Å²) in [5.74, 6) is -0.0386. The van der Waals surface area contributed by atoms with Crippen LogP contribution >= 0.6 is 0 Å². The van der Waals surface area contributed by atoms with Crippen molar-refractivity contribution in [2.45, 2.75) is 13.0 Å². The molecule has 1 aromatic carbocycles. The lowest BCUT2D eigenvalue weighted by molar-refractivity contribution is -0.117. The Morgan fingerprint density at radius 3 is 2.94 bits per heavy atom. The summed E-state index contributed by atoms with van der Waals surface area (Å²) in [7, 11) is 0. The maximum absolute atomic E-state index is 11.9. The van der Waals surface area contributed by atoms with Crippen molar-refractivity contribution in [3.63, 3.8) is 0 Å². The molecule has 1 fully saturated rings. The number of amides is 1. The van der Waals surface area contributed by atoms with E-state index >= 15 is 0 Å². The number of carbonyl (C=O) groups excluding carboxylic acids is 2. The summed E-state index contributed by atoms with van der Waals surface area (Å²) >= 11 is 0. The van der Waals surface area contributed by atoms with E-state index in [1.54, 1.807) is 11.0 Å². The number of hydrogen-bond donors (Lipinski definition) is 1. The minimum absolute atomic E-state index is 0.0664. The van der Waals surface area contributed by atoms with Crippen molar-refractivity contribution in [3.05, 3.63) is 29.3 Å². The highest BCUT2D eigenvalue weighted by atomic mass is 16.5. The number of anilines is 1. The molecule has 0 aromatic heterocycles. The molecule has 0 spiro atoms. The van der Waals surface area contributed by atoms with Gasteiger partial charge in [-0.3, -0.25) is 4.79 Å². The standard InChI is InChI=1S/C13H14N2O3/c14-5-8-3-12(16)15(6-8)10-2-1-9-7-18-13(17)11(9)4-10/h1-2,4,8H,3,5-7,14H2. The largest absolute Gasteiger partial charge is 0.457 e. The Bertz CT molecular complexity index is 527. The molecule has 0 radical (unpaired) electrons. The summed E-state index contributed by atoms with van der Waals surface area (Å²) in [5, 5.41) is 0. The molecule has 1 aromatic rings. The Balaban J connectivity index is 1.92. The summed E-state index contributed by atoms with van der Waals surface area (Å²) in [6.07, 6.45) is 0.484. The molecule has 3 rings (SSSR count). The molecule has 1 amide bonds. The van der Waals surface area contributed by atoms with E-state index in [0.29, 0.717) is 31.7 Å². The lowest BCUT2D eigenvalue weighted by Crippen LogP contribution is -2.25. The number of rotatable bonds is 2. The maximum Gasteiger partial charge on any atom is 0.338 e. The van der Waals surface area contributed by atoms with Crippen LogP contribution < -0.4 is 10.6 Å². The highest BCUT2D eigenvalue weighted by Gasteiger charge is 2.31. The van der Waals surface area contributed by atoms with Gasteiger partial charge in [-0.1, -0.05) is 6.07 Å². The van der Waals surface area contributed by atoms with Crippen molar-refractivity contribution in [1.82, 2.24) is 0 Å². The number of nitrogens with zero attached hydrogens (tertiary/aromatic N) is 1. The van der Waals surface area contributed by atoms with E-state index in [1.165, 1.54) is 0 Å². The van der Waals surface area contributed by atoms with E-state index in [2.05, 4.69) is 0 Å². The number of hydrogen-bond acceptors (Lipinski definition) is 4. The first-order valence-corrected chi connectivity index (χ1v) is 5.99. The van der Waals surface area contributed by atoms with Crippen LogP contribution in [0.2, 0.25) is 0 Å². The van der Waals surface area contributed by atoms with Crippen molar-refractivity contribution in [2.75, 3.05) is 18.0 Å². The Hall–Kier alpha value is -1.88. The van der Waals surface area contributed by atoms with Crippen molar-refractivity contribution < 1.29 is 14.3 Å². The van der Waals surface area contributed by atoms with E-state index in [1.807, 2.05) is 12.1 Å². The van der Waals surface area contributed by atoms with E-state index in [4.69, 9.17) is 10.5 Å². The lowest BCUT2D eigenvalue weighted by atomic mass is 10.1. The molecule has 18 heavy (non-hydrogen) atoms. The number of fused-ring (bicyclic) bond motifs is 1. The highest BCUT2D eigenvalue weighted by Crippen LogP contribution is 2.29. The van der Waals surface area contributed by atoms with Gasteiger partial charge in [0.1, 0.15) is 6.61 Å². The molecule has 2 N–H and O–H groups in total. The van der Waals surface area contributed by atoms with E-state index < -0.39 is 0 Å². The third-order valence-corrected chi connectivity index (χ3v) is 3.52. The normalized spacial score (nSPS) is 22.3. The monoisotopic (exact) mass is 246 g/mol. The summed E-state index contributed by atoms with van der Waals surface area (Å²) in [6, 6.07) is 5.44. The average molecular weight is 246 g/mol. The molecular weight excluding hydrogens is 232 g/mol. The van der Waals surface area contributed by atoms with E-state index in [-0.39, 0.29) is 17.8 Å². The zero-order valence-electron chi connectivity index (χ0n) is 9.89. The van der Waals surface area contributed by atoms with Gasteiger partial charge in [0.15, 0.2) is 0 Å². The molecular formula is C13H14N2O3. The van der Waals surface area contributed by atoms with Crippen molar-refractivity contribution >= 4 is 17.6 Å². The van der Waals surface area contributed by atoms with Gasteiger partial charge in [-0.25, -0.2) is 4.79 Å². The van der Waals surface area contributed by atoms with Gasteiger partial charge >= 0.3 is 5.97 Å². The zero-order valence-corrected chi connectivity index (χ0v) is 9.89. The van der Waals surface area contributed by atoms with Crippen LogP contribution in [-0.2, 0) is 16.1 Å². The number of cyclic esters (lactones) is 1. The molecule has 0 saturated carbocycles. The smallest absolute Gasteiger partial charge is 0.338 e. The first kappa shape index (κ1) is 11.2. The van der Waals surface area contributed by atoms with Gasteiger partial charge in [0.25, 0.3) is 0 Å². The highest BCUT2D eigenvalue weighted by molar-refractivity contribution is 5.99. The molecule has 5 heteroatoms. The van der Waals surface area contributed by atoms with Gasteiger partial charge < -0.3 is 15.4 Å². The van der Waals surface area contributed by atoms with Gasteiger partial charge in [0.2, 0.25) is 5.91 Å². The SMILES string of the molecule is NCC1CC(=O)N(c2ccc3c(c2)C(=O)OC3)C1. The van der Waals surface area contributed by atoms with Crippen LogP contribution in [0, 0.1) is 5.92 Å². The molecule has 2 aliphatic heterocycles. The molecule has 1 unspecified atom stereocenters. The zero-order chi connectivity index (χ0) is 12.7. The third-order valence-electron chi connectivity index (χ3n) is 3.52. The molecule has 2 aliphatic rings. The molecule has 1 atom stereocenters. The second-order valence-corrected chi connectivity index (χ2v) is 4.73. The van der Waals surface area contributed by atoms with Gasteiger partial charge in [0.05, 0.1) is 5.56 Å². The predicted octanol–water partition coefficient (Wildman–Crippen LogP) is 0.669. The van der Waals surface area contributed by atoms with Crippen molar-refractivity contribution in [3.8, 4) is 0 Å². The topological polar surface area (TPSA) is 72.6 Å². The molecule has 0 aliphatic carbocycles. The molecule has 0 bridgehead atoms. The van der Waals surface area contributed by atoms with Crippen LogP contribution in [-0.4, -0.2) is 25.0 Å². The lowest BCUT2D eigenvalue weighted by Gasteiger charge is -2.17. The molecule has 2 heterocycles. The fraction of sp³-hybridized carbons (Fsp3) is 0.385. The first-order chi connectivity index (χ1) is 8.69. The van der Waals surface area contributed by atoms with E-state index in [0.717, 1.165) is 11.3 Å². The van der Waals surface area contributed by atoms with Gasteiger partial charge in [-0.2, -0.15) is 0 Å². The quantitative estimate of drug-likeness (QED) is 0.778. The Kier molecular flexibility index (Phi) is 2.56. The second-order valence-electron chi connectivity index (χ2n) is 4.73. The summed E-state index contributed by atoms with van der Waals surface area (Å²) in [6.45, 7) is 1.46. The molecule has 5 nitrogen and oxygen atoms in total. The fourth-order valence-electron chi connectivity index (χ4n) is 2.46. The molecule has 94 valence electrons. The number of benzene rings is 1.